The van der Waals surface area contributed by atoms with Crippen molar-refractivity contribution in [3.63, 3.8) is 0 Å². The Bertz CT molecular complexity index is 519. The molecular weight excluding hydrogens is 332 g/mol. The van der Waals surface area contributed by atoms with Gasteiger partial charge in [0.1, 0.15) is 5.75 Å². The molecule has 1 aromatic heterocycles. The van der Waals surface area contributed by atoms with E-state index in [9.17, 15) is 0 Å². The third-order valence-corrected chi connectivity index (χ3v) is 5.57. The highest BCUT2D eigenvalue weighted by molar-refractivity contribution is 9.09. The van der Waals surface area contributed by atoms with Gasteiger partial charge in [-0.05, 0) is 36.6 Å². The lowest BCUT2D eigenvalue weighted by molar-refractivity contribution is 0.409. The lowest BCUT2D eigenvalue weighted by atomic mass is 10.1. The molecular formula is C14H14BrClOS. The summed E-state index contributed by atoms with van der Waals surface area (Å²) in [6.45, 7) is 2.03. The molecule has 0 fully saturated rings. The Hall–Kier alpha value is -0.510. The van der Waals surface area contributed by atoms with Gasteiger partial charge in [-0.2, -0.15) is 0 Å². The molecule has 0 bridgehead atoms. The van der Waals surface area contributed by atoms with Gasteiger partial charge >= 0.3 is 0 Å². The number of hydrogen-bond donors (Lipinski definition) is 0. The van der Waals surface area contributed by atoms with E-state index in [1.165, 1.54) is 10.4 Å². The SMILES string of the molecule is COc1ccccc1CC(Br)c1cc(C)c(Cl)s1. The first-order valence-electron chi connectivity index (χ1n) is 5.63. The van der Waals surface area contributed by atoms with Gasteiger partial charge in [0.15, 0.2) is 0 Å². The van der Waals surface area contributed by atoms with Crippen molar-refractivity contribution in [1.29, 1.82) is 0 Å². The Morgan fingerprint density at radius 1 is 1.39 bits per heavy atom. The number of para-hydroxylation sites is 1. The molecule has 96 valence electrons. The molecule has 18 heavy (non-hydrogen) atoms. The quantitative estimate of drug-likeness (QED) is 0.674. The minimum atomic E-state index is 0.269. The van der Waals surface area contributed by atoms with Gasteiger partial charge < -0.3 is 4.74 Å². The average molecular weight is 346 g/mol. The summed E-state index contributed by atoms with van der Waals surface area (Å²) in [6, 6.07) is 10.2. The number of rotatable bonds is 4. The average Bonchev–Trinajstić information content (AvgIpc) is 2.70. The molecule has 2 rings (SSSR count). The van der Waals surface area contributed by atoms with Crippen LogP contribution in [0.15, 0.2) is 30.3 Å². The zero-order chi connectivity index (χ0) is 13.1. The molecule has 1 aromatic carbocycles. The number of benzene rings is 1. The van der Waals surface area contributed by atoms with Crippen molar-refractivity contribution in [2.24, 2.45) is 0 Å². The van der Waals surface area contributed by atoms with Gasteiger partial charge in [0.25, 0.3) is 0 Å². The van der Waals surface area contributed by atoms with Crippen LogP contribution in [0, 0.1) is 6.92 Å². The summed E-state index contributed by atoms with van der Waals surface area (Å²) in [5.41, 5.74) is 2.34. The molecule has 1 heterocycles. The van der Waals surface area contributed by atoms with E-state index in [-0.39, 0.29) is 4.83 Å². The second-order valence-electron chi connectivity index (χ2n) is 4.09. The summed E-state index contributed by atoms with van der Waals surface area (Å²) in [6.07, 6.45) is 0.889. The molecule has 0 amide bonds. The molecule has 1 nitrogen and oxygen atoms in total. The minimum Gasteiger partial charge on any atom is -0.496 e. The predicted molar refractivity (Wildman–Crippen MR) is 82.4 cm³/mol. The molecule has 1 unspecified atom stereocenters. The fourth-order valence-electron chi connectivity index (χ4n) is 1.80. The summed E-state index contributed by atoms with van der Waals surface area (Å²) < 4.78 is 6.24. The van der Waals surface area contributed by atoms with Gasteiger partial charge in [-0.15, -0.1) is 11.3 Å². The van der Waals surface area contributed by atoms with E-state index in [0.29, 0.717) is 0 Å². The fraction of sp³-hybridized carbons (Fsp3) is 0.286. The Kier molecular flexibility index (Phi) is 4.71. The van der Waals surface area contributed by atoms with Crippen molar-refractivity contribution < 1.29 is 4.74 Å². The topological polar surface area (TPSA) is 9.23 Å². The second kappa shape index (κ2) is 6.09. The molecule has 0 saturated heterocycles. The van der Waals surface area contributed by atoms with Gasteiger partial charge in [-0.3, -0.25) is 0 Å². The second-order valence-corrected chi connectivity index (χ2v) is 6.88. The number of ether oxygens (including phenoxy) is 1. The first-order chi connectivity index (χ1) is 8.61. The van der Waals surface area contributed by atoms with Crippen LogP contribution in [0.1, 0.15) is 20.8 Å². The van der Waals surface area contributed by atoms with E-state index in [0.717, 1.165) is 22.1 Å². The molecule has 0 aliphatic carbocycles. The molecule has 2 aromatic rings. The first kappa shape index (κ1) is 13.9. The summed E-state index contributed by atoms with van der Waals surface area (Å²) in [7, 11) is 1.70. The summed E-state index contributed by atoms with van der Waals surface area (Å²) >= 11 is 11.5. The Labute approximate surface area is 125 Å². The van der Waals surface area contributed by atoms with E-state index in [1.807, 2.05) is 25.1 Å². The van der Waals surface area contributed by atoms with Gasteiger partial charge in [0.2, 0.25) is 0 Å². The van der Waals surface area contributed by atoms with Crippen LogP contribution >= 0.6 is 38.9 Å². The Morgan fingerprint density at radius 3 is 2.72 bits per heavy atom. The van der Waals surface area contributed by atoms with Gasteiger partial charge in [0, 0.05) is 4.88 Å². The van der Waals surface area contributed by atoms with E-state index >= 15 is 0 Å². The largest absolute Gasteiger partial charge is 0.496 e. The third-order valence-electron chi connectivity index (χ3n) is 2.78. The van der Waals surface area contributed by atoms with Crippen molar-refractivity contribution in [3.05, 3.63) is 50.7 Å². The first-order valence-corrected chi connectivity index (χ1v) is 7.74. The van der Waals surface area contributed by atoms with Crippen LogP contribution in [0.4, 0.5) is 0 Å². The van der Waals surface area contributed by atoms with E-state index in [1.54, 1.807) is 18.4 Å². The highest BCUT2D eigenvalue weighted by atomic mass is 79.9. The van der Waals surface area contributed by atoms with Gasteiger partial charge in [-0.25, -0.2) is 0 Å². The molecule has 0 aliphatic heterocycles. The predicted octanol–water partition coefficient (Wildman–Crippen LogP) is 5.40. The highest BCUT2D eigenvalue weighted by Gasteiger charge is 2.15. The molecule has 0 N–H and O–H groups in total. The number of methoxy groups -OCH3 is 1. The van der Waals surface area contributed by atoms with Crippen molar-refractivity contribution in [2.75, 3.05) is 7.11 Å². The Morgan fingerprint density at radius 2 is 2.11 bits per heavy atom. The highest BCUT2D eigenvalue weighted by Crippen LogP contribution is 2.38. The number of alkyl halides is 1. The maximum Gasteiger partial charge on any atom is 0.122 e. The van der Waals surface area contributed by atoms with Crippen LogP contribution in [0.2, 0.25) is 4.34 Å². The molecule has 0 radical (unpaired) electrons. The summed E-state index contributed by atoms with van der Waals surface area (Å²) in [5, 5.41) is 0. The lowest BCUT2D eigenvalue weighted by Crippen LogP contribution is -1.96. The van der Waals surface area contributed by atoms with Crippen LogP contribution in [0.3, 0.4) is 0 Å². The normalized spacial score (nSPS) is 12.4. The van der Waals surface area contributed by atoms with Crippen LogP contribution in [0.25, 0.3) is 0 Å². The maximum absolute atomic E-state index is 6.11. The molecule has 4 heteroatoms. The van der Waals surface area contributed by atoms with Gasteiger partial charge in [-0.1, -0.05) is 45.7 Å². The zero-order valence-corrected chi connectivity index (χ0v) is 13.4. The van der Waals surface area contributed by atoms with Crippen molar-refractivity contribution in [2.45, 2.75) is 18.2 Å². The summed E-state index contributed by atoms with van der Waals surface area (Å²) in [5.74, 6) is 0.932. The van der Waals surface area contributed by atoms with Crippen LogP contribution < -0.4 is 4.74 Å². The molecule has 0 saturated carbocycles. The standard InChI is InChI=1S/C14H14BrClOS/c1-9-7-13(18-14(9)16)11(15)8-10-5-3-4-6-12(10)17-2/h3-7,11H,8H2,1-2H3. The zero-order valence-electron chi connectivity index (χ0n) is 10.2. The van der Waals surface area contributed by atoms with Crippen molar-refractivity contribution in [1.82, 2.24) is 0 Å². The maximum atomic E-state index is 6.11. The van der Waals surface area contributed by atoms with Crippen LogP contribution in [-0.2, 0) is 6.42 Å². The number of halogens is 2. The molecule has 1 atom stereocenters. The van der Waals surface area contributed by atoms with Crippen molar-refractivity contribution in [3.8, 4) is 5.75 Å². The van der Waals surface area contributed by atoms with Gasteiger partial charge in [0.05, 0.1) is 16.3 Å². The van der Waals surface area contributed by atoms with Crippen LogP contribution in [0.5, 0.6) is 5.75 Å². The lowest BCUT2D eigenvalue weighted by Gasteiger charge is -2.11. The van der Waals surface area contributed by atoms with E-state index < -0.39 is 0 Å². The minimum absolute atomic E-state index is 0.269. The van der Waals surface area contributed by atoms with Crippen LogP contribution in [-0.4, -0.2) is 7.11 Å². The number of hydrogen-bond acceptors (Lipinski definition) is 2. The Balaban J connectivity index is 2.18. The summed E-state index contributed by atoms with van der Waals surface area (Å²) in [4.78, 5) is 1.52. The monoisotopic (exact) mass is 344 g/mol. The molecule has 0 spiro atoms. The van der Waals surface area contributed by atoms with Crippen molar-refractivity contribution >= 4 is 38.9 Å². The smallest absolute Gasteiger partial charge is 0.122 e. The fourth-order valence-corrected chi connectivity index (χ4v) is 3.76. The number of aryl methyl sites for hydroxylation is 1. The van der Waals surface area contributed by atoms with E-state index in [4.69, 9.17) is 16.3 Å². The third kappa shape index (κ3) is 3.08. The molecule has 0 aliphatic rings. The number of thiophene rings is 1. The van der Waals surface area contributed by atoms with E-state index in [2.05, 4.69) is 28.1 Å².